The maximum atomic E-state index is 12.5. The lowest BCUT2D eigenvalue weighted by atomic mass is 9.67. The van der Waals surface area contributed by atoms with Crippen molar-refractivity contribution in [2.75, 3.05) is 16.8 Å². The number of thioether (sulfide) groups is 2. The molecule has 0 radical (unpaired) electrons. The summed E-state index contributed by atoms with van der Waals surface area (Å²) >= 11 is 5.90. The Hall–Kier alpha value is -0.200. The molecular weight excluding hydrogens is 320 g/mol. The van der Waals surface area contributed by atoms with E-state index in [0.717, 1.165) is 29.8 Å². The van der Waals surface area contributed by atoms with Crippen molar-refractivity contribution in [2.45, 2.75) is 36.2 Å². The van der Waals surface area contributed by atoms with Gasteiger partial charge < -0.3 is 5.32 Å². The second kappa shape index (κ2) is 5.78. The van der Waals surface area contributed by atoms with Crippen LogP contribution in [-0.2, 0) is 4.79 Å². The number of amides is 1. The van der Waals surface area contributed by atoms with Gasteiger partial charge in [0.15, 0.2) is 5.13 Å². The largest absolute Gasteiger partial charge is 0.302 e. The van der Waals surface area contributed by atoms with Gasteiger partial charge in [0.1, 0.15) is 0 Å². The molecule has 2 saturated carbocycles. The first kappa shape index (κ1) is 14.4. The van der Waals surface area contributed by atoms with Crippen molar-refractivity contribution in [1.29, 1.82) is 0 Å². The number of hydrogen-bond donors (Lipinski definition) is 1. The monoisotopic (exact) mass is 340 g/mol. The molecule has 1 spiro atoms. The number of anilines is 1. The van der Waals surface area contributed by atoms with Crippen molar-refractivity contribution >= 4 is 45.9 Å². The van der Waals surface area contributed by atoms with Crippen molar-refractivity contribution in [2.24, 2.45) is 17.8 Å². The highest BCUT2D eigenvalue weighted by molar-refractivity contribution is 8.21. The highest BCUT2D eigenvalue weighted by Crippen LogP contribution is 2.64. The number of hydrogen-bond acceptors (Lipinski definition) is 5. The van der Waals surface area contributed by atoms with E-state index in [1.165, 1.54) is 42.1 Å². The fraction of sp³-hybridized carbons (Fsp3) is 0.733. The lowest BCUT2D eigenvalue weighted by molar-refractivity contribution is -0.122. The Kier molecular flexibility index (Phi) is 3.96. The van der Waals surface area contributed by atoms with E-state index in [2.05, 4.69) is 33.8 Å². The predicted molar refractivity (Wildman–Crippen MR) is 91.9 cm³/mol. The van der Waals surface area contributed by atoms with Crippen molar-refractivity contribution in [1.82, 2.24) is 4.98 Å². The third-order valence-electron chi connectivity index (χ3n) is 5.15. The van der Waals surface area contributed by atoms with Crippen LogP contribution in [0.15, 0.2) is 11.6 Å². The third-order valence-corrected chi connectivity index (χ3v) is 9.86. The van der Waals surface area contributed by atoms with Crippen LogP contribution < -0.4 is 5.32 Å². The van der Waals surface area contributed by atoms with E-state index in [1.54, 1.807) is 6.20 Å². The Morgan fingerprint density at radius 2 is 1.95 bits per heavy atom. The van der Waals surface area contributed by atoms with Gasteiger partial charge in [-0.05, 0) is 37.5 Å². The molecule has 2 bridgehead atoms. The molecule has 1 unspecified atom stereocenters. The van der Waals surface area contributed by atoms with Gasteiger partial charge in [0.05, 0.1) is 4.08 Å². The maximum absolute atomic E-state index is 12.5. The lowest BCUT2D eigenvalue weighted by Crippen LogP contribution is -2.48. The molecule has 1 saturated heterocycles. The highest BCUT2D eigenvalue weighted by Gasteiger charge is 2.55. The average molecular weight is 341 g/mol. The summed E-state index contributed by atoms with van der Waals surface area (Å²) in [4.78, 5) is 16.7. The summed E-state index contributed by atoms with van der Waals surface area (Å²) < 4.78 is 0.455. The molecule has 6 heteroatoms. The van der Waals surface area contributed by atoms with Crippen LogP contribution in [0.1, 0.15) is 32.1 Å². The Balaban J connectivity index is 1.49. The first-order valence-corrected chi connectivity index (χ1v) is 10.6. The van der Waals surface area contributed by atoms with Crippen molar-refractivity contribution in [3.8, 4) is 0 Å². The van der Waals surface area contributed by atoms with E-state index >= 15 is 0 Å². The van der Waals surface area contributed by atoms with Gasteiger partial charge >= 0.3 is 0 Å². The molecule has 2 aliphatic carbocycles. The predicted octanol–water partition coefficient (Wildman–Crippen LogP) is 4.08. The zero-order chi connectivity index (χ0) is 14.3. The second-order valence-electron chi connectivity index (χ2n) is 6.24. The fourth-order valence-corrected chi connectivity index (χ4v) is 8.78. The van der Waals surface area contributed by atoms with E-state index < -0.39 is 0 Å². The zero-order valence-corrected chi connectivity index (χ0v) is 14.4. The molecule has 2 heterocycles. The maximum Gasteiger partial charge on any atom is 0.229 e. The summed E-state index contributed by atoms with van der Waals surface area (Å²) in [5.41, 5.74) is 0. The van der Waals surface area contributed by atoms with E-state index in [1.807, 2.05) is 5.38 Å². The third kappa shape index (κ3) is 2.53. The highest BCUT2D eigenvalue weighted by atomic mass is 32.2. The van der Waals surface area contributed by atoms with Gasteiger partial charge in [-0.25, -0.2) is 4.98 Å². The normalized spacial score (nSPS) is 34.0. The van der Waals surface area contributed by atoms with Gasteiger partial charge in [-0.1, -0.05) is 6.42 Å². The van der Waals surface area contributed by atoms with Crippen LogP contribution in [0.3, 0.4) is 0 Å². The molecule has 114 valence electrons. The number of nitrogens with zero attached hydrogens (tertiary/aromatic N) is 1. The molecule has 4 rings (SSSR count). The molecule has 0 aromatic carbocycles. The summed E-state index contributed by atoms with van der Waals surface area (Å²) in [6, 6.07) is 0. The van der Waals surface area contributed by atoms with Crippen LogP contribution in [0.4, 0.5) is 5.13 Å². The zero-order valence-electron chi connectivity index (χ0n) is 11.9. The van der Waals surface area contributed by atoms with Crippen LogP contribution in [-0.4, -0.2) is 26.5 Å². The van der Waals surface area contributed by atoms with E-state index in [9.17, 15) is 4.79 Å². The van der Waals surface area contributed by atoms with Gasteiger partial charge in [0.2, 0.25) is 5.91 Å². The minimum Gasteiger partial charge on any atom is -0.302 e. The van der Waals surface area contributed by atoms with Crippen molar-refractivity contribution in [3.63, 3.8) is 0 Å². The molecule has 1 amide bonds. The van der Waals surface area contributed by atoms with Gasteiger partial charge in [-0.2, -0.15) is 0 Å². The number of rotatable bonds is 2. The SMILES string of the molecule is O=C(Nc1nccs1)C1C[C@H]2CCC[C@@H](C1)C21SCCS1. The number of carbonyl (C=O) groups excluding carboxylic acids is 1. The summed E-state index contributed by atoms with van der Waals surface area (Å²) in [5.74, 6) is 4.45. The Morgan fingerprint density at radius 1 is 1.24 bits per heavy atom. The number of carbonyl (C=O) groups is 1. The molecule has 21 heavy (non-hydrogen) atoms. The Bertz CT molecular complexity index is 497. The van der Waals surface area contributed by atoms with Crippen molar-refractivity contribution < 1.29 is 4.79 Å². The van der Waals surface area contributed by atoms with Crippen LogP contribution in [0.5, 0.6) is 0 Å². The molecule has 1 aromatic heterocycles. The van der Waals surface area contributed by atoms with E-state index in [-0.39, 0.29) is 11.8 Å². The van der Waals surface area contributed by atoms with Gasteiger partial charge in [-0.3, -0.25) is 4.79 Å². The van der Waals surface area contributed by atoms with Gasteiger partial charge in [0, 0.05) is 29.0 Å². The van der Waals surface area contributed by atoms with Crippen molar-refractivity contribution in [3.05, 3.63) is 11.6 Å². The van der Waals surface area contributed by atoms with E-state index in [4.69, 9.17) is 0 Å². The Labute approximate surface area is 138 Å². The molecule has 3 nitrogen and oxygen atoms in total. The van der Waals surface area contributed by atoms with Crippen LogP contribution in [0.2, 0.25) is 0 Å². The minimum absolute atomic E-state index is 0.191. The second-order valence-corrected chi connectivity index (χ2v) is 10.1. The van der Waals surface area contributed by atoms with Crippen LogP contribution >= 0.6 is 34.9 Å². The summed E-state index contributed by atoms with van der Waals surface area (Å²) in [7, 11) is 0. The van der Waals surface area contributed by atoms with Gasteiger partial charge in [0.25, 0.3) is 0 Å². The molecular formula is C15H20N2OS3. The summed E-state index contributed by atoms with van der Waals surface area (Å²) in [5, 5.41) is 5.67. The summed E-state index contributed by atoms with van der Waals surface area (Å²) in [6.45, 7) is 0. The molecule has 3 fully saturated rings. The topological polar surface area (TPSA) is 42.0 Å². The van der Waals surface area contributed by atoms with E-state index in [0.29, 0.717) is 4.08 Å². The quantitative estimate of drug-likeness (QED) is 0.881. The molecule has 1 aliphatic heterocycles. The molecule has 3 aliphatic rings. The number of thiazole rings is 1. The first-order valence-electron chi connectivity index (χ1n) is 7.76. The summed E-state index contributed by atoms with van der Waals surface area (Å²) in [6.07, 6.45) is 7.90. The Morgan fingerprint density at radius 3 is 2.57 bits per heavy atom. The van der Waals surface area contributed by atoms with Crippen LogP contribution in [0.25, 0.3) is 0 Å². The fourth-order valence-electron chi connectivity index (χ4n) is 4.32. The lowest BCUT2D eigenvalue weighted by Gasteiger charge is -2.51. The molecule has 1 aromatic rings. The smallest absolute Gasteiger partial charge is 0.229 e. The average Bonchev–Trinajstić information content (AvgIpc) is 3.11. The standard InChI is InChI=1S/C15H20N2OS3/c18-13(17-14-16-4-5-19-14)10-8-11-2-1-3-12(9-10)15(11)20-6-7-21-15/h4-5,10-12H,1-3,6-9H2,(H,16,17,18)/t10?,11-,12+. The molecule has 1 N–H and O–H groups in total. The molecule has 3 atom stereocenters. The van der Waals surface area contributed by atoms with Gasteiger partial charge in [-0.15, -0.1) is 34.9 Å². The number of aromatic nitrogens is 1. The minimum atomic E-state index is 0.191. The number of nitrogens with one attached hydrogen (secondary N) is 1. The van der Waals surface area contributed by atoms with Crippen LogP contribution in [0, 0.1) is 17.8 Å². The first-order chi connectivity index (χ1) is 10.3.